The Balaban J connectivity index is 2.49. The molecule has 0 unspecified atom stereocenters. The van der Waals surface area contributed by atoms with E-state index in [-0.39, 0.29) is 5.95 Å². The van der Waals surface area contributed by atoms with Gasteiger partial charge >= 0.3 is 0 Å². The van der Waals surface area contributed by atoms with Gasteiger partial charge < -0.3 is 16.2 Å². The molecule has 2 aromatic heterocycles. The fraction of sp³-hybridized carbons (Fsp3) is 0.100. The SMILES string of the molecule is COc1cncc(-c2cc(N)nc(N)n2)c1. The van der Waals surface area contributed by atoms with Crippen molar-refractivity contribution >= 4 is 11.8 Å². The number of aromatic nitrogens is 3. The van der Waals surface area contributed by atoms with Crippen molar-refractivity contribution in [2.75, 3.05) is 18.6 Å². The van der Waals surface area contributed by atoms with E-state index in [1.54, 1.807) is 31.6 Å². The molecular weight excluding hydrogens is 206 g/mol. The number of pyridine rings is 1. The molecule has 16 heavy (non-hydrogen) atoms. The highest BCUT2D eigenvalue weighted by atomic mass is 16.5. The summed E-state index contributed by atoms with van der Waals surface area (Å²) in [6.45, 7) is 0. The van der Waals surface area contributed by atoms with Gasteiger partial charge in [-0.2, -0.15) is 4.98 Å². The van der Waals surface area contributed by atoms with Gasteiger partial charge in [-0.05, 0) is 6.07 Å². The lowest BCUT2D eigenvalue weighted by molar-refractivity contribution is 0.413. The average molecular weight is 217 g/mol. The first-order chi connectivity index (χ1) is 7.69. The molecule has 0 radical (unpaired) electrons. The van der Waals surface area contributed by atoms with E-state index in [0.29, 0.717) is 17.3 Å². The molecule has 0 bridgehead atoms. The number of anilines is 2. The molecule has 0 fully saturated rings. The van der Waals surface area contributed by atoms with Crippen LogP contribution >= 0.6 is 0 Å². The maximum Gasteiger partial charge on any atom is 0.222 e. The van der Waals surface area contributed by atoms with Crippen molar-refractivity contribution in [1.29, 1.82) is 0 Å². The van der Waals surface area contributed by atoms with Crippen molar-refractivity contribution in [3.8, 4) is 17.0 Å². The number of nitrogens with zero attached hydrogens (tertiary/aromatic N) is 3. The van der Waals surface area contributed by atoms with E-state index in [4.69, 9.17) is 16.2 Å². The van der Waals surface area contributed by atoms with Gasteiger partial charge in [0.25, 0.3) is 0 Å². The Labute approximate surface area is 92.3 Å². The first-order valence-electron chi connectivity index (χ1n) is 4.58. The van der Waals surface area contributed by atoms with E-state index in [1.165, 1.54) is 0 Å². The van der Waals surface area contributed by atoms with Crippen LogP contribution in [0.1, 0.15) is 0 Å². The minimum absolute atomic E-state index is 0.137. The monoisotopic (exact) mass is 217 g/mol. The average Bonchev–Trinajstić information content (AvgIpc) is 2.28. The largest absolute Gasteiger partial charge is 0.495 e. The lowest BCUT2D eigenvalue weighted by atomic mass is 10.2. The van der Waals surface area contributed by atoms with E-state index in [0.717, 1.165) is 5.56 Å². The summed E-state index contributed by atoms with van der Waals surface area (Å²) in [5.74, 6) is 1.11. The van der Waals surface area contributed by atoms with Gasteiger partial charge in [-0.1, -0.05) is 0 Å². The highest BCUT2D eigenvalue weighted by Crippen LogP contribution is 2.22. The van der Waals surface area contributed by atoms with Gasteiger partial charge in [-0.15, -0.1) is 0 Å². The Morgan fingerprint density at radius 3 is 2.62 bits per heavy atom. The number of ether oxygens (including phenoxy) is 1. The Morgan fingerprint density at radius 2 is 1.94 bits per heavy atom. The van der Waals surface area contributed by atoms with Gasteiger partial charge in [0, 0.05) is 17.8 Å². The second-order valence-electron chi connectivity index (χ2n) is 3.15. The van der Waals surface area contributed by atoms with E-state index < -0.39 is 0 Å². The van der Waals surface area contributed by atoms with Crippen LogP contribution in [0, 0.1) is 0 Å². The molecule has 6 nitrogen and oxygen atoms in total. The normalized spacial score (nSPS) is 10.1. The predicted molar refractivity (Wildman–Crippen MR) is 60.6 cm³/mol. The molecule has 2 rings (SSSR count). The molecule has 2 aromatic rings. The molecule has 0 saturated heterocycles. The van der Waals surface area contributed by atoms with Gasteiger partial charge in [0.2, 0.25) is 5.95 Å². The summed E-state index contributed by atoms with van der Waals surface area (Å²) >= 11 is 0. The van der Waals surface area contributed by atoms with Crippen molar-refractivity contribution in [2.45, 2.75) is 0 Å². The van der Waals surface area contributed by atoms with E-state index in [2.05, 4.69) is 15.0 Å². The number of hydrogen-bond acceptors (Lipinski definition) is 6. The van der Waals surface area contributed by atoms with E-state index >= 15 is 0 Å². The molecule has 0 aliphatic heterocycles. The van der Waals surface area contributed by atoms with Crippen molar-refractivity contribution < 1.29 is 4.74 Å². The molecule has 6 heteroatoms. The summed E-state index contributed by atoms with van der Waals surface area (Å²) in [7, 11) is 1.57. The molecule has 0 atom stereocenters. The van der Waals surface area contributed by atoms with Crippen LogP contribution in [0.2, 0.25) is 0 Å². The number of nitrogens with two attached hydrogens (primary N) is 2. The van der Waals surface area contributed by atoms with Crippen molar-refractivity contribution in [2.24, 2.45) is 0 Å². The molecule has 0 aromatic carbocycles. The second kappa shape index (κ2) is 4.01. The summed E-state index contributed by atoms with van der Waals surface area (Å²) in [6, 6.07) is 3.43. The first-order valence-corrected chi connectivity index (χ1v) is 4.58. The molecule has 0 aliphatic carbocycles. The Morgan fingerprint density at radius 1 is 1.12 bits per heavy atom. The van der Waals surface area contributed by atoms with Gasteiger partial charge in [-0.25, -0.2) is 4.98 Å². The molecule has 0 amide bonds. The molecular formula is C10H11N5O. The Kier molecular flexibility index (Phi) is 2.55. The number of nitrogen functional groups attached to an aromatic ring is 2. The summed E-state index contributed by atoms with van der Waals surface area (Å²) in [4.78, 5) is 11.9. The zero-order valence-electron chi connectivity index (χ0n) is 8.71. The van der Waals surface area contributed by atoms with Crippen molar-refractivity contribution in [3.63, 3.8) is 0 Å². The van der Waals surface area contributed by atoms with E-state index in [1.807, 2.05) is 0 Å². The standard InChI is InChI=1S/C10H11N5O/c1-16-7-2-6(4-13-5-7)8-3-9(11)15-10(12)14-8/h2-5H,1H3,(H4,11,12,14,15). The summed E-state index contributed by atoms with van der Waals surface area (Å²) in [5.41, 5.74) is 12.5. The Hall–Kier alpha value is -2.37. The summed E-state index contributed by atoms with van der Waals surface area (Å²) in [6.07, 6.45) is 3.27. The Bertz CT molecular complexity index is 494. The zero-order chi connectivity index (χ0) is 11.5. The van der Waals surface area contributed by atoms with Crippen LogP contribution < -0.4 is 16.2 Å². The third-order valence-electron chi connectivity index (χ3n) is 2.01. The fourth-order valence-electron chi connectivity index (χ4n) is 1.30. The third kappa shape index (κ3) is 2.00. The molecule has 82 valence electrons. The maximum absolute atomic E-state index is 5.58. The maximum atomic E-state index is 5.58. The topological polar surface area (TPSA) is 99.9 Å². The predicted octanol–water partition coefficient (Wildman–Crippen LogP) is 0.712. The lowest BCUT2D eigenvalue weighted by Crippen LogP contribution is -2.00. The third-order valence-corrected chi connectivity index (χ3v) is 2.01. The van der Waals surface area contributed by atoms with Crippen LogP contribution in [-0.4, -0.2) is 22.1 Å². The quantitative estimate of drug-likeness (QED) is 0.768. The summed E-state index contributed by atoms with van der Waals surface area (Å²) < 4.78 is 5.07. The molecule has 0 aliphatic rings. The minimum atomic E-state index is 0.137. The second-order valence-corrected chi connectivity index (χ2v) is 3.15. The highest BCUT2D eigenvalue weighted by molar-refractivity contribution is 5.63. The molecule has 0 spiro atoms. The highest BCUT2D eigenvalue weighted by Gasteiger charge is 2.04. The lowest BCUT2D eigenvalue weighted by Gasteiger charge is -2.04. The molecule has 0 saturated carbocycles. The van der Waals surface area contributed by atoms with Crippen LogP contribution in [0.5, 0.6) is 5.75 Å². The van der Waals surface area contributed by atoms with E-state index in [9.17, 15) is 0 Å². The van der Waals surface area contributed by atoms with Crippen LogP contribution in [0.25, 0.3) is 11.3 Å². The number of rotatable bonds is 2. The number of methoxy groups -OCH3 is 1. The van der Waals surface area contributed by atoms with Crippen molar-refractivity contribution in [3.05, 3.63) is 24.5 Å². The van der Waals surface area contributed by atoms with Crippen LogP contribution in [0.4, 0.5) is 11.8 Å². The smallest absolute Gasteiger partial charge is 0.222 e. The van der Waals surface area contributed by atoms with Gasteiger partial charge in [-0.3, -0.25) is 4.98 Å². The van der Waals surface area contributed by atoms with Crippen LogP contribution in [0.3, 0.4) is 0 Å². The van der Waals surface area contributed by atoms with Crippen LogP contribution in [-0.2, 0) is 0 Å². The fourth-order valence-corrected chi connectivity index (χ4v) is 1.30. The molecule has 2 heterocycles. The first kappa shape index (κ1) is 10.2. The van der Waals surface area contributed by atoms with Crippen molar-refractivity contribution in [1.82, 2.24) is 15.0 Å². The van der Waals surface area contributed by atoms with Gasteiger partial charge in [0.05, 0.1) is 19.0 Å². The van der Waals surface area contributed by atoms with Crippen LogP contribution in [0.15, 0.2) is 24.5 Å². The number of hydrogen-bond donors (Lipinski definition) is 2. The van der Waals surface area contributed by atoms with Gasteiger partial charge in [0.15, 0.2) is 0 Å². The zero-order valence-corrected chi connectivity index (χ0v) is 8.71. The summed E-state index contributed by atoms with van der Waals surface area (Å²) in [5, 5.41) is 0. The minimum Gasteiger partial charge on any atom is -0.495 e. The van der Waals surface area contributed by atoms with Gasteiger partial charge in [0.1, 0.15) is 11.6 Å². The molecule has 4 N–H and O–H groups in total.